The van der Waals surface area contributed by atoms with Crippen LogP contribution in [0.2, 0.25) is 0 Å². The summed E-state index contributed by atoms with van der Waals surface area (Å²) < 4.78 is 0. The zero-order chi connectivity index (χ0) is 24.5. The third kappa shape index (κ3) is 4.26. The summed E-state index contributed by atoms with van der Waals surface area (Å²) in [6, 6.07) is 19.1. The molecule has 0 unspecified atom stereocenters. The van der Waals surface area contributed by atoms with E-state index in [9.17, 15) is 19.2 Å². The standard InChI is InChI=1S/C27H24N4O4/c1-2-25(33)30-14-13-18-15-19(9-12-22(18)30)26(34)28-20-10-7-17(8-11-20)27(35)31-16-24(32)29-21-5-3-4-6-23(21)31/h3-12,15H,2,13-14,16H2,1H3,(H,28,34)(H,29,32). The molecule has 2 aliphatic heterocycles. The van der Waals surface area contributed by atoms with Gasteiger partial charge in [-0.25, -0.2) is 0 Å². The molecule has 0 aromatic heterocycles. The van der Waals surface area contributed by atoms with Crippen molar-refractivity contribution in [2.75, 3.05) is 33.5 Å². The van der Waals surface area contributed by atoms with Crippen molar-refractivity contribution in [2.24, 2.45) is 0 Å². The molecule has 0 aliphatic carbocycles. The number of hydrogen-bond donors (Lipinski definition) is 2. The minimum atomic E-state index is -0.296. The second kappa shape index (κ2) is 9.06. The maximum atomic E-state index is 13.1. The van der Waals surface area contributed by atoms with Crippen LogP contribution in [-0.4, -0.2) is 36.7 Å². The van der Waals surface area contributed by atoms with Gasteiger partial charge in [-0.05, 0) is 66.6 Å². The quantitative estimate of drug-likeness (QED) is 0.608. The number of nitrogens with zero attached hydrogens (tertiary/aromatic N) is 2. The van der Waals surface area contributed by atoms with Crippen LogP contribution < -0.4 is 20.4 Å². The van der Waals surface area contributed by atoms with E-state index in [1.165, 1.54) is 4.90 Å². The van der Waals surface area contributed by atoms with Gasteiger partial charge in [0, 0.05) is 35.5 Å². The topological polar surface area (TPSA) is 98.8 Å². The summed E-state index contributed by atoms with van der Waals surface area (Å²) in [6.07, 6.45) is 1.16. The van der Waals surface area contributed by atoms with Gasteiger partial charge < -0.3 is 15.5 Å². The predicted molar refractivity (Wildman–Crippen MR) is 134 cm³/mol. The Morgan fingerprint density at radius 2 is 1.66 bits per heavy atom. The number of amides is 4. The molecule has 0 saturated heterocycles. The maximum Gasteiger partial charge on any atom is 0.258 e. The molecule has 2 N–H and O–H groups in total. The van der Waals surface area contributed by atoms with Crippen molar-refractivity contribution in [3.63, 3.8) is 0 Å². The molecule has 35 heavy (non-hydrogen) atoms. The molecule has 0 bridgehead atoms. The number of fused-ring (bicyclic) bond motifs is 2. The highest BCUT2D eigenvalue weighted by Gasteiger charge is 2.28. The molecular weight excluding hydrogens is 444 g/mol. The summed E-state index contributed by atoms with van der Waals surface area (Å²) in [5, 5.41) is 5.62. The van der Waals surface area contributed by atoms with Crippen molar-refractivity contribution in [1.29, 1.82) is 0 Å². The van der Waals surface area contributed by atoms with Crippen LogP contribution in [-0.2, 0) is 16.0 Å². The van der Waals surface area contributed by atoms with E-state index >= 15 is 0 Å². The molecule has 3 aromatic carbocycles. The van der Waals surface area contributed by atoms with Crippen LogP contribution >= 0.6 is 0 Å². The third-order valence-electron chi connectivity index (χ3n) is 6.25. The summed E-state index contributed by atoms with van der Waals surface area (Å²) >= 11 is 0. The van der Waals surface area contributed by atoms with E-state index in [2.05, 4.69) is 10.6 Å². The molecule has 2 aliphatic rings. The van der Waals surface area contributed by atoms with Crippen molar-refractivity contribution >= 4 is 46.4 Å². The van der Waals surface area contributed by atoms with Gasteiger partial charge >= 0.3 is 0 Å². The van der Waals surface area contributed by atoms with Gasteiger partial charge in [0.1, 0.15) is 6.54 Å². The van der Waals surface area contributed by atoms with Crippen LogP contribution in [0.25, 0.3) is 0 Å². The number of carbonyl (C=O) groups excluding carboxylic acids is 4. The SMILES string of the molecule is CCC(=O)N1CCc2cc(C(=O)Nc3ccc(C(=O)N4CC(=O)Nc5ccccc54)cc3)ccc21. The summed E-state index contributed by atoms with van der Waals surface area (Å²) in [7, 11) is 0. The lowest BCUT2D eigenvalue weighted by Crippen LogP contribution is -2.42. The van der Waals surface area contributed by atoms with E-state index in [0.717, 1.165) is 17.7 Å². The minimum absolute atomic E-state index is 0.0616. The molecule has 8 heteroatoms. The van der Waals surface area contributed by atoms with Gasteiger partial charge in [0.05, 0.1) is 11.4 Å². The van der Waals surface area contributed by atoms with E-state index in [-0.39, 0.29) is 30.2 Å². The molecule has 0 atom stereocenters. The number of anilines is 4. The monoisotopic (exact) mass is 468 g/mol. The Bertz CT molecular complexity index is 1350. The van der Waals surface area contributed by atoms with Gasteiger partial charge in [-0.3, -0.25) is 24.1 Å². The highest BCUT2D eigenvalue weighted by Crippen LogP contribution is 2.31. The zero-order valence-electron chi connectivity index (χ0n) is 19.2. The van der Waals surface area contributed by atoms with Gasteiger partial charge in [-0.2, -0.15) is 0 Å². The van der Waals surface area contributed by atoms with E-state index < -0.39 is 0 Å². The Morgan fingerprint density at radius 1 is 0.914 bits per heavy atom. The van der Waals surface area contributed by atoms with Gasteiger partial charge in [-0.15, -0.1) is 0 Å². The normalized spacial score (nSPS) is 14.1. The van der Waals surface area contributed by atoms with Crippen molar-refractivity contribution < 1.29 is 19.2 Å². The van der Waals surface area contributed by atoms with Crippen LogP contribution in [0.15, 0.2) is 66.7 Å². The molecule has 2 heterocycles. The zero-order valence-corrected chi connectivity index (χ0v) is 19.2. The third-order valence-corrected chi connectivity index (χ3v) is 6.25. The predicted octanol–water partition coefficient (Wildman–Crippen LogP) is 3.84. The van der Waals surface area contributed by atoms with Gasteiger partial charge in [0.15, 0.2) is 0 Å². The number of rotatable bonds is 4. The Labute approximate surface area is 202 Å². The van der Waals surface area contributed by atoms with Gasteiger partial charge in [0.25, 0.3) is 11.8 Å². The molecule has 0 saturated carbocycles. The minimum Gasteiger partial charge on any atom is -0.323 e. The number of para-hydroxylation sites is 2. The first-order chi connectivity index (χ1) is 16.9. The number of carbonyl (C=O) groups is 4. The molecule has 0 radical (unpaired) electrons. The first-order valence-electron chi connectivity index (χ1n) is 11.5. The molecule has 176 valence electrons. The van der Waals surface area contributed by atoms with Crippen molar-refractivity contribution in [1.82, 2.24) is 0 Å². The van der Waals surface area contributed by atoms with E-state index in [4.69, 9.17) is 0 Å². The number of hydrogen-bond acceptors (Lipinski definition) is 4. The molecule has 8 nitrogen and oxygen atoms in total. The fourth-order valence-corrected chi connectivity index (χ4v) is 4.46. The van der Waals surface area contributed by atoms with Crippen LogP contribution in [0.1, 0.15) is 39.6 Å². The highest BCUT2D eigenvalue weighted by atomic mass is 16.2. The lowest BCUT2D eigenvalue weighted by molar-refractivity contribution is -0.118. The molecular formula is C27H24N4O4. The first-order valence-corrected chi connectivity index (χ1v) is 11.5. The molecule has 0 spiro atoms. The molecule has 0 fully saturated rings. The maximum absolute atomic E-state index is 13.1. The van der Waals surface area contributed by atoms with Crippen LogP contribution in [0, 0.1) is 0 Å². The van der Waals surface area contributed by atoms with Gasteiger partial charge in [0.2, 0.25) is 11.8 Å². The first kappa shape index (κ1) is 22.3. The van der Waals surface area contributed by atoms with Crippen molar-refractivity contribution in [3.05, 3.63) is 83.4 Å². The number of nitrogens with one attached hydrogen (secondary N) is 2. The fraction of sp³-hybridized carbons (Fsp3) is 0.185. The van der Waals surface area contributed by atoms with Crippen molar-refractivity contribution in [2.45, 2.75) is 19.8 Å². The smallest absolute Gasteiger partial charge is 0.258 e. The number of benzene rings is 3. The second-order valence-corrected chi connectivity index (χ2v) is 8.48. The molecule has 4 amide bonds. The lowest BCUT2D eigenvalue weighted by atomic mass is 10.1. The van der Waals surface area contributed by atoms with E-state index in [1.807, 2.05) is 25.1 Å². The molecule has 5 rings (SSSR count). The Morgan fingerprint density at radius 3 is 2.43 bits per heavy atom. The second-order valence-electron chi connectivity index (χ2n) is 8.48. The van der Waals surface area contributed by atoms with E-state index in [1.54, 1.807) is 53.4 Å². The summed E-state index contributed by atoms with van der Waals surface area (Å²) in [5.74, 6) is -0.745. The van der Waals surface area contributed by atoms with Crippen molar-refractivity contribution in [3.8, 4) is 0 Å². The van der Waals surface area contributed by atoms with Crippen LogP contribution in [0.3, 0.4) is 0 Å². The Balaban J connectivity index is 1.29. The lowest BCUT2D eigenvalue weighted by Gasteiger charge is -2.29. The molecule has 3 aromatic rings. The van der Waals surface area contributed by atoms with Gasteiger partial charge in [-0.1, -0.05) is 19.1 Å². The van der Waals surface area contributed by atoms with Crippen LogP contribution in [0.4, 0.5) is 22.7 Å². The Hall–Kier alpha value is -4.46. The fourth-order valence-electron chi connectivity index (χ4n) is 4.46. The summed E-state index contributed by atoms with van der Waals surface area (Å²) in [5.41, 5.74) is 4.54. The largest absolute Gasteiger partial charge is 0.323 e. The Kier molecular flexibility index (Phi) is 5.78. The summed E-state index contributed by atoms with van der Waals surface area (Å²) in [6.45, 7) is 2.41. The van der Waals surface area contributed by atoms with Crippen LogP contribution in [0.5, 0.6) is 0 Å². The highest BCUT2D eigenvalue weighted by molar-refractivity contribution is 6.15. The van der Waals surface area contributed by atoms with E-state index in [0.29, 0.717) is 41.2 Å². The average Bonchev–Trinajstić information content (AvgIpc) is 3.31. The average molecular weight is 469 g/mol. The summed E-state index contributed by atoms with van der Waals surface area (Å²) in [4.78, 5) is 53.3.